The van der Waals surface area contributed by atoms with Crippen molar-refractivity contribution in [1.29, 1.82) is 0 Å². The molecule has 9 nitrogen and oxygen atoms in total. The lowest BCUT2D eigenvalue weighted by Crippen LogP contribution is -2.51. The van der Waals surface area contributed by atoms with Gasteiger partial charge in [0.05, 0.1) is 6.61 Å². The summed E-state index contributed by atoms with van der Waals surface area (Å²) < 4.78 is 26.7. The van der Waals surface area contributed by atoms with Gasteiger partial charge in [0, 0.05) is 19.9 Å². The molecule has 2 rings (SSSR count). The average Bonchev–Trinajstić information content (AvgIpc) is 3.00. The predicted octanol–water partition coefficient (Wildman–Crippen LogP) is -0.237. The van der Waals surface area contributed by atoms with Gasteiger partial charge in [-0.1, -0.05) is 12.0 Å². The molecule has 1 saturated heterocycles. The van der Waals surface area contributed by atoms with Gasteiger partial charge in [0.1, 0.15) is 12.7 Å². The molecule has 0 aromatic carbocycles. The summed E-state index contributed by atoms with van der Waals surface area (Å²) in [5.41, 5.74) is 0. The molecule has 0 amide bonds. The van der Waals surface area contributed by atoms with Crippen molar-refractivity contribution in [2.45, 2.75) is 30.0 Å². The summed E-state index contributed by atoms with van der Waals surface area (Å²) in [7, 11) is -2.03. The lowest BCUT2D eigenvalue weighted by Gasteiger charge is -2.37. The van der Waals surface area contributed by atoms with E-state index in [4.69, 9.17) is 4.74 Å². The first-order chi connectivity index (χ1) is 10.2. The molecule has 2 heterocycles. The van der Waals surface area contributed by atoms with Gasteiger partial charge >= 0.3 is 5.13 Å². The van der Waals surface area contributed by atoms with Gasteiger partial charge in [0.2, 0.25) is 20.4 Å². The van der Waals surface area contributed by atoms with Crippen molar-refractivity contribution in [2.24, 2.45) is 0 Å². The summed E-state index contributed by atoms with van der Waals surface area (Å²) in [5.74, 6) is 0. The summed E-state index contributed by atoms with van der Waals surface area (Å²) in [5, 5.41) is 30.7. The van der Waals surface area contributed by atoms with E-state index in [0.717, 1.165) is 12.7 Å². The smallest absolute Gasteiger partial charge is 0.310 e. The van der Waals surface area contributed by atoms with Crippen LogP contribution in [0, 0.1) is 5.21 Å². The third kappa shape index (κ3) is 3.15. The van der Waals surface area contributed by atoms with Gasteiger partial charge in [0.15, 0.2) is 0 Å². The molecule has 0 spiro atoms. The van der Waals surface area contributed by atoms with Crippen LogP contribution >= 0.6 is 11.3 Å². The first-order valence-corrected chi connectivity index (χ1v) is 9.48. The molecule has 1 aliphatic heterocycles. The van der Waals surface area contributed by atoms with Crippen LogP contribution in [0.25, 0.3) is 0 Å². The second-order valence-corrected chi connectivity index (χ2v) is 8.45. The van der Waals surface area contributed by atoms with E-state index in [1.54, 1.807) is 0 Å². The molecule has 1 N–H and O–H groups in total. The number of hydrogen-bond donors (Lipinski definition) is 1. The molecule has 3 atom stereocenters. The molecule has 126 valence electrons. The minimum absolute atomic E-state index is 0.0125. The standard InChI is InChI=1S/C11H20N4O5S2/c1-4-5-14-7-15(17,9(16)8(14)6-20-2)10-12-13-11(21-10)22(3,18)19/h8-9,16H,4-7H2,1-3H3. The van der Waals surface area contributed by atoms with E-state index >= 15 is 0 Å². The van der Waals surface area contributed by atoms with Crippen LogP contribution in [0.4, 0.5) is 5.13 Å². The zero-order valence-corrected chi connectivity index (χ0v) is 14.3. The Bertz CT molecular complexity index is 622. The second kappa shape index (κ2) is 6.43. The van der Waals surface area contributed by atoms with Crippen LogP contribution in [0.3, 0.4) is 0 Å². The molecule has 0 bridgehead atoms. The Morgan fingerprint density at radius 3 is 2.73 bits per heavy atom. The van der Waals surface area contributed by atoms with Crippen molar-refractivity contribution < 1.29 is 18.3 Å². The summed E-state index contributed by atoms with van der Waals surface area (Å²) in [4.78, 5) is 1.84. The number of hydrogen-bond acceptors (Lipinski definition) is 9. The number of nitrogens with zero attached hydrogens (tertiary/aromatic N) is 4. The highest BCUT2D eigenvalue weighted by Gasteiger charge is 2.50. The van der Waals surface area contributed by atoms with Crippen LogP contribution in [0.2, 0.25) is 0 Å². The number of rotatable bonds is 6. The first kappa shape index (κ1) is 17.7. The molecule has 1 aliphatic rings. The van der Waals surface area contributed by atoms with Crippen molar-refractivity contribution in [3.8, 4) is 0 Å². The lowest BCUT2D eigenvalue weighted by atomic mass is 10.2. The monoisotopic (exact) mass is 352 g/mol. The zero-order valence-electron chi connectivity index (χ0n) is 12.7. The molecule has 22 heavy (non-hydrogen) atoms. The number of quaternary nitrogens is 1. The van der Waals surface area contributed by atoms with E-state index in [-0.39, 0.29) is 22.7 Å². The van der Waals surface area contributed by atoms with Gasteiger partial charge in [-0.15, -0.1) is 5.10 Å². The van der Waals surface area contributed by atoms with E-state index < -0.39 is 26.8 Å². The maximum atomic E-state index is 13.0. The van der Waals surface area contributed by atoms with E-state index in [1.165, 1.54) is 7.11 Å². The Morgan fingerprint density at radius 1 is 1.55 bits per heavy atom. The van der Waals surface area contributed by atoms with Crippen LogP contribution in [-0.2, 0) is 14.6 Å². The van der Waals surface area contributed by atoms with Crippen molar-refractivity contribution in [2.75, 3.05) is 33.2 Å². The Labute approximate surface area is 133 Å². The van der Waals surface area contributed by atoms with Crippen molar-refractivity contribution in [1.82, 2.24) is 19.7 Å². The Hall–Kier alpha value is -0.690. The number of aliphatic hydroxyl groups is 1. The highest BCUT2D eigenvalue weighted by atomic mass is 32.2. The Kier molecular flexibility index (Phi) is 5.16. The highest BCUT2D eigenvalue weighted by Crippen LogP contribution is 2.36. The summed E-state index contributed by atoms with van der Waals surface area (Å²) in [6, 6.07) is -0.465. The molecule has 0 aliphatic carbocycles. The number of aromatic nitrogens is 2. The maximum absolute atomic E-state index is 13.0. The van der Waals surface area contributed by atoms with Crippen LogP contribution in [0.5, 0.6) is 0 Å². The summed E-state index contributed by atoms with van der Waals surface area (Å²) in [6.07, 6.45) is 0.522. The minimum atomic E-state index is -3.53. The fourth-order valence-electron chi connectivity index (χ4n) is 2.49. The van der Waals surface area contributed by atoms with Gasteiger partial charge < -0.3 is 15.1 Å². The van der Waals surface area contributed by atoms with Gasteiger partial charge in [-0.25, -0.2) is 13.3 Å². The molecular formula is C11H20N4O5S2. The first-order valence-electron chi connectivity index (χ1n) is 6.78. The molecule has 1 aromatic heterocycles. The minimum Gasteiger partial charge on any atom is -0.623 e. The highest BCUT2D eigenvalue weighted by molar-refractivity contribution is 7.92. The van der Waals surface area contributed by atoms with Gasteiger partial charge in [-0.2, -0.15) is 0 Å². The summed E-state index contributed by atoms with van der Waals surface area (Å²) in [6.45, 7) is 2.80. The van der Waals surface area contributed by atoms with E-state index in [9.17, 15) is 18.7 Å². The fourth-order valence-corrected chi connectivity index (χ4v) is 4.15. The maximum Gasteiger partial charge on any atom is 0.310 e. The van der Waals surface area contributed by atoms with Crippen LogP contribution in [-0.4, -0.2) is 74.1 Å². The van der Waals surface area contributed by atoms with Gasteiger partial charge in [-0.05, 0) is 17.8 Å². The number of ether oxygens (including phenoxy) is 1. The zero-order chi connectivity index (χ0) is 16.5. The lowest BCUT2D eigenvalue weighted by molar-refractivity contribution is 0.0193. The Balaban J connectivity index is 2.34. The molecule has 3 unspecified atom stereocenters. The molecule has 1 fully saturated rings. The van der Waals surface area contributed by atoms with Crippen molar-refractivity contribution in [3.05, 3.63) is 5.21 Å². The average molecular weight is 352 g/mol. The molecule has 1 aromatic rings. The van der Waals surface area contributed by atoms with Gasteiger partial charge in [-0.3, -0.25) is 4.65 Å². The fraction of sp³-hybridized carbons (Fsp3) is 0.818. The van der Waals surface area contributed by atoms with Crippen LogP contribution in [0.1, 0.15) is 13.3 Å². The molecule has 11 heteroatoms. The van der Waals surface area contributed by atoms with Crippen LogP contribution in [0.15, 0.2) is 4.34 Å². The predicted molar refractivity (Wildman–Crippen MR) is 81.7 cm³/mol. The van der Waals surface area contributed by atoms with Crippen LogP contribution < -0.4 is 4.65 Å². The van der Waals surface area contributed by atoms with E-state index in [0.29, 0.717) is 17.9 Å². The molecular weight excluding hydrogens is 332 g/mol. The molecule has 0 radical (unpaired) electrons. The third-order valence-electron chi connectivity index (χ3n) is 3.52. The van der Waals surface area contributed by atoms with Gasteiger partial charge in [0.25, 0.3) is 0 Å². The SMILES string of the molecule is CCCN1C[N+]([O-])(c2nnc(S(C)(=O)=O)s2)C(O)C1COC. The largest absolute Gasteiger partial charge is 0.623 e. The van der Waals surface area contributed by atoms with E-state index in [1.807, 2.05) is 11.8 Å². The topological polar surface area (TPSA) is 116 Å². The normalized spacial score (nSPS) is 30.0. The number of aliphatic hydroxyl groups excluding tert-OH is 1. The Morgan fingerprint density at radius 2 is 2.23 bits per heavy atom. The number of sulfone groups is 1. The van der Waals surface area contributed by atoms with Crippen molar-refractivity contribution >= 4 is 26.3 Å². The number of methoxy groups -OCH3 is 1. The van der Waals surface area contributed by atoms with E-state index in [2.05, 4.69) is 10.2 Å². The second-order valence-electron chi connectivity index (χ2n) is 5.31. The molecule has 0 saturated carbocycles. The third-order valence-corrected chi connectivity index (χ3v) is 6.22. The van der Waals surface area contributed by atoms with Crippen molar-refractivity contribution in [3.63, 3.8) is 0 Å². The summed E-state index contributed by atoms with van der Waals surface area (Å²) >= 11 is 0.702. The number of hydroxylamine groups is 2. The quantitative estimate of drug-likeness (QED) is 0.551.